The van der Waals surface area contributed by atoms with Gasteiger partial charge in [-0.05, 0) is 37.1 Å². The summed E-state index contributed by atoms with van der Waals surface area (Å²) < 4.78 is 18.4. The van der Waals surface area contributed by atoms with Crippen LogP contribution >= 0.6 is 11.3 Å². The molecule has 0 bridgehead atoms. The van der Waals surface area contributed by atoms with Crippen molar-refractivity contribution in [2.45, 2.75) is 45.8 Å². The maximum absolute atomic E-state index is 12.8. The standard InChI is InChI=1S/C17H21FN2O2S/c1-3-13(4-2)19-16(21)9-14-11-23-17(20-14)10-22-15-7-5-12(18)6-8-15/h5-8,11,13H,3-4,9-10H2,1-2H3,(H,19,21). The minimum Gasteiger partial charge on any atom is -0.486 e. The van der Waals surface area contributed by atoms with Crippen LogP contribution < -0.4 is 10.1 Å². The summed E-state index contributed by atoms with van der Waals surface area (Å²) in [6, 6.07) is 6.08. The van der Waals surface area contributed by atoms with Crippen LogP contribution in [-0.4, -0.2) is 16.9 Å². The van der Waals surface area contributed by atoms with Gasteiger partial charge in [0, 0.05) is 11.4 Å². The van der Waals surface area contributed by atoms with Crippen molar-refractivity contribution >= 4 is 17.2 Å². The number of aromatic nitrogens is 1. The molecule has 6 heteroatoms. The van der Waals surface area contributed by atoms with Crippen LogP contribution in [0.5, 0.6) is 5.75 Å². The molecule has 23 heavy (non-hydrogen) atoms. The molecule has 1 aromatic carbocycles. The van der Waals surface area contributed by atoms with Gasteiger partial charge in [0.05, 0.1) is 12.1 Å². The molecule has 0 spiro atoms. The minimum absolute atomic E-state index is 0.00463. The number of halogens is 1. The average Bonchev–Trinajstić information content (AvgIpc) is 2.99. The van der Waals surface area contributed by atoms with E-state index in [1.165, 1.54) is 23.5 Å². The van der Waals surface area contributed by atoms with Gasteiger partial charge in [-0.1, -0.05) is 13.8 Å². The van der Waals surface area contributed by atoms with Crippen molar-refractivity contribution < 1.29 is 13.9 Å². The minimum atomic E-state index is -0.294. The summed E-state index contributed by atoms with van der Waals surface area (Å²) in [5.41, 5.74) is 0.746. The van der Waals surface area contributed by atoms with E-state index in [2.05, 4.69) is 24.1 Å². The van der Waals surface area contributed by atoms with Gasteiger partial charge in [0.25, 0.3) is 0 Å². The van der Waals surface area contributed by atoms with E-state index in [0.717, 1.165) is 23.5 Å². The summed E-state index contributed by atoms with van der Waals surface area (Å²) in [6.07, 6.45) is 2.13. The quantitative estimate of drug-likeness (QED) is 0.799. The van der Waals surface area contributed by atoms with Crippen LogP contribution in [0.25, 0.3) is 0 Å². The number of nitrogens with zero attached hydrogens (tertiary/aromatic N) is 1. The van der Waals surface area contributed by atoms with Crippen molar-refractivity contribution in [2.75, 3.05) is 0 Å². The van der Waals surface area contributed by atoms with Gasteiger partial charge < -0.3 is 10.1 Å². The zero-order chi connectivity index (χ0) is 16.7. The number of benzene rings is 1. The van der Waals surface area contributed by atoms with Gasteiger partial charge in [-0.15, -0.1) is 11.3 Å². The molecule has 1 aromatic heterocycles. The Balaban J connectivity index is 1.83. The Bertz CT molecular complexity index is 624. The Morgan fingerprint density at radius 1 is 1.30 bits per heavy atom. The van der Waals surface area contributed by atoms with Gasteiger partial charge in [-0.3, -0.25) is 4.79 Å². The molecular formula is C17H21FN2O2S. The van der Waals surface area contributed by atoms with E-state index in [0.29, 0.717) is 12.4 Å². The molecular weight excluding hydrogens is 315 g/mol. The van der Waals surface area contributed by atoms with Crippen LogP contribution in [0.1, 0.15) is 37.4 Å². The first-order chi connectivity index (χ1) is 11.1. The van der Waals surface area contributed by atoms with Crippen LogP contribution in [0.2, 0.25) is 0 Å². The second-order valence-corrected chi connectivity index (χ2v) is 6.18. The summed E-state index contributed by atoms with van der Waals surface area (Å²) >= 11 is 1.45. The number of hydrogen-bond donors (Lipinski definition) is 1. The molecule has 0 unspecified atom stereocenters. The first kappa shape index (κ1) is 17.4. The Hall–Kier alpha value is -1.95. The topological polar surface area (TPSA) is 51.2 Å². The lowest BCUT2D eigenvalue weighted by Crippen LogP contribution is -2.34. The lowest BCUT2D eigenvalue weighted by molar-refractivity contribution is -0.121. The third-order valence-electron chi connectivity index (χ3n) is 3.47. The average molecular weight is 336 g/mol. The molecule has 0 saturated heterocycles. The fourth-order valence-corrected chi connectivity index (χ4v) is 2.81. The number of rotatable bonds is 8. The van der Waals surface area contributed by atoms with Crippen molar-refractivity contribution in [3.63, 3.8) is 0 Å². The molecule has 0 aliphatic heterocycles. The number of thiazole rings is 1. The molecule has 0 aliphatic carbocycles. The lowest BCUT2D eigenvalue weighted by Gasteiger charge is -2.13. The zero-order valence-corrected chi connectivity index (χ0v) is 14.2. The molecule has 0 saturated carbocycles. The Kier molecular flexibility index (Phi) is 6.52. The van der Waals surface area contributed by atoms with E-state index >= 15 is 0 Å². The van der Waals surface area contributed by atoms with E-state index in [1.807, 2.05) is 5.38 Å². The number of amides is 1. The molecule has 1 N–H and O–H groups in total. The molecule has 0 atom stereocenters. The Morgan fingerprint density at radius 2 is 2.00 bits per heavy atom. The summed E-state index contributed by atoms with van der Waals surface area (Å²) in [5, 5.41) is 5.66. The highest BCUT2D eigenvalue weighted by molar-refractivity contribution is 7.09. The van der Waals surface area contributed by atoms with E-state index in [-0.39, 0.29) is 24.2 Å². The molecule has 4 nitrogen and oxygen atoms in total. The molecule has 0 radical (unpaired) electrons. The molecule has 0 fully saturated rings. The maximum Gasteiger partial charge on any atom is 0.226 e. The first-order valence-corrected chi connectivity index (χ1v) is 8.59. The normalized spacial score (nSPS) is 10.8. The third-order valence-corrected chi connectivity index (χ3v) is 4.34. The van der Waals surface area contributed by atoms with Crippen molar-refractivity contribution in [1.82, 2.24) is 10.3 Å². The van der Waals surface area contributed by atoms with E-state index < -0.39 is 0 Å². The number of nitrogens with one attached hydrogen (secondary N) is 1. The monoisotopic (exact) mass is 336 g/mol. The molecule has 1 heterocycles. The largest absolute Gasteiger partial charge is 0.486 e. The van der Waals surface area contributed by atoms with Gasteiger partial charge in [0.2, 0.25) is 5.91 Å². The van der Waals surface area contributed by atoms with Gasteiger partial charge in [0.1, 0.15) is 23.2 Å². The summed E-state index contributed by atoms with van der Waals surface area (Å²) in [6.45, 7) is 4.43. The smallest absolute Gasteiger partial charge is 0.226 e. The molecule has 2 rings (SSSR count). The SMILES string of the molecule is CCC(CC)NC(=O)Cc1csc(COc2ccc(F)cc2)n1. The van der Waals surface area contributed by atoms with Crippen molar-refractivity contribution in [2.24, 2.45) is 0 Å². The van der Waals surface area contributed by atoms with E-state index in [4.69, 9.17) is 4.74 Å². The van der Waals surface area contributed by atoms with Crippen molar-refractivity contribution in [1.29, 1.82) is 0 Å². The fraction of sp³-hybridized carbons (Fsp3) is 0.412. The second-order valence-electron chi connectivity index (χ2n) is 5.23. The number of ether oxygens (including phenoxy) is 1. The van der Waals surface area contributed by atoms with Gasteiger partial charge in [-0.25, -0.2) is 9.37 Å². The second kappa shape index (κ2) is 8.62. The highest BCUT2D eigenvalue weighted by Crippen LogP contribution is 2.16. The van der Waals surface area contributed by atoms with Crippen molar-refractivity contribution in [3.05, 3.63) is 46.2 Å². The van der Waals surface area contributed by atoms with Crippen LogP contribution in [-0.2, 0) is 17.8 Å². The third kappa shape index (κ3) is 5.63. The highest BCUT2D eigenvalue weighted by Gasteiger charge is 2.11. The van der Waals surface area contributed by atoms with Gasteiger partial charge in [0.15, 0.2) is 0 Å². The highest BCUT2D eigenvalue weighted by atomic mass is 32.1. The van der Waals surface area contributed by atoms with Crippen LogP contribution in [0.3, 0.4) is 0 Å². The summed E-state index contributed by atoms with van der Waals surface area (Å²) in [4.78, 5) is 16.3. The number of carbonyl (C=O) groups is 1. The van der Waals surface area contributed by atoms with Gasteiger partial charge >= 0.3 is 0 Å². The molecule has 124 valence electrons. The Morgan fingerprint density at radius 3 is 2.65 bits per heavy atom. The zero-order valence-electron chi connectivity index (χ0n) is 13.3. The lowest BCUT2D eigenvalue weighted by atomic mass is 10.1. The van der Waals surface area contributed by atoms with Crippen molar-refractivity contribution in [3.8, 4) is 5.75 Å². The summed E-state index contributed by atoms with van der Waals surface area (Å²) in [7, 11) is 0. The molecule has 2 aromatic rings. The predicted molar refractivity (Wildman–Crippen MR) is 89.1 cm³/mol. The van der Waals surface area contributed by atoms with E-state index in [1.54, 1.807) is 12.1 Å². The summed E-state index contributed by atoms with van der Waals surface area (Å²) in [5.74, 6) is 0.294. The number of hydrogen-bond acceptors (Lipinski definition) is 4. The van der Waals surface area contributed by atoms with Crippen LogP contribution in [0.15, 0.2) is 29.6 Å². The fourth-order valence-electron chi connectivity index (χ4n) is 2.11. The van der Waals surface area contributed by atoms with Gasteiger partial charge in [-0.2, -0.15) is 0 Å². The number of carbonyl (C=O) groups excluding carboxylic acids is 1. The maximum atomic E-state index is 12.8. The predicted octanol–water partition coefficient (Wildman–Crippen LogP) is 3.71. The Labute approximate surface area is 139 Å². The molecule has 1 amide bonds. The van der Waals surface area contributed by atoms with E-state index in [9.17, 15) is 9.18 Å². The van der Waals surface area contributed by atoms with Crippen LogP contribution in [0, 0.1) is 5.82 Å². The first-order valence-electron chi connectivity index (χ1n) is 7.71. The van der Waals surface area contributed by atoms with Crippen LogP contribution in [0.4, 0.5) is 4.39 Å². The molecule has 0 aliphatic rings.